The summed E-state index contributed by atoms with van der Waals surface area (Å²) in [5.74, 6) is 0.457. The van der Waals surface area contributed by atoms with Crippen LogP contribution in [-0.4, -0.2) is 52.1 Å². The number of carbonyl (C=O) groups is 1. The van der Waals surface area contributed by atoms with Gasteiger partial charge in [0.1, 0.15) is 17.4 Å². The van der Waals surface area contributed by atoms with Crippen LogP contribution in [0.15, 0.2) is 40.9 Å². The van der Waals surface area contributed by atoms with Crippen LogP contribution in [0, 0.1) is 10.1 Å². The lowest BCUT2D eigenvalue weighted by molar-refractivity contribution is -0.384. The van der Waals surface area contributed by atoms with Crippen LogP contribution in [-0.2, 0) is 17.8 Å². The Morgan fingerprint density at radius 2 is 2.08 bits per heavy atom. The molecule has 1 N–H and O–H groups in total. The van der Waals surface area contributed by atoms with Crippen molar-refractivity contribution in [3.63, 3.8) is 0 Å². The summed E-state index contributed by atoms with van der Waals surface area (Å²) in [6.07, 6.45) is 2.18. The first kappa shape index (κ1) is 24.7. The predicted octanol–water partition coefficient (Wildman–Crippen LogP) is 4.89. The molecule has 0 saturated carbocycles. The van der Waals surface area contributed by atoms with E-state index in [4.69, 9.17) is 16.1 Å². The van der Waals surface area contributed by atoms with Gasteiger partial charge in [-0.2, -0.15) is 0 Å². The van der Waals surface area contributed by atoms with E-state index in [1.807, 2.05) is 12.1 Å². The molecule has 1 amide bonds. The van der Waals surface area contributed by atoms with Crippen LogP contribution < -0.4 is 10.2 Å². The highest BCUT2D eigenvalue weighted by atomic mass is 35.5. The average Bonchev–Trinajstić information content (AvgIpc) is 3.58. The number of piperidine rings is 1. The van der Waals surface area contributed by atoms with Crippen LogP contribution in [0.1, 0.15) is 37.9 Å². The molecule has 5 rings (SSSR count). The predicted molar refractivity (Wildman–Crippen MR) is 139 cm³/mol. The van der Waals surface area contributed by atoms with Gasteiger partial charge in [-0.05, 0) is 44.4 Å². The monoisotopic (exact) mass is 529 g/mol. The van der Waals surface area contributed by atoms with E-state index in [1.54, 1.807) is 23.1 Å². The number of nitro benzene ring substituents is 1. The van der Waals surface area contributed by atoms with Gasteiger partial charge in [-0.3, -0.25) is 14.9 Å². The Morgan fingerprint density at radius 3 is 2.75 bits per heavy atom. The fourth-order valence-corrected chi connectivity index (χ4v) is 6.09. The number of likely N-dealkylation sites (tertiary alicyclic amines) is 1. The molecule has 190 valence electrons. The third kappa shape index (κ3) is 4.98. The molecule has 1 aromatic carbocycles. The van der Waals surface area contributed by atoms with Crippen molar-refractivity contribution in [1.82, 2.24) is 15.4 Å². The van der Waals surface area contributed by atoms with Gasteiger partial charge in [0.15, 0.2) is 5.76 Å². The molecule has 0 aliphatic carbocycles. The summed E-state index contributed by atoms with van der Waals surface area (Å²) in [6, 6.07) is 10.5. The third-order valence-corrected chi connectivity index (χ3v) is 8.23. The van der Waals surface area contributed by atoms with E-state index in [9.17, 15) is 14.9 Å². The van der Waals surface area contributed by atoms with Crippen molar-refractivity contribution in [3.05, 3.63) is 62.1 Å². The number of para-hydroxylation sites is 1. The lowest BCUT2D eigenvalue weighted by Crippen LogP contribution is -2.52. The number of hydrogen-bond acceptors (Lipinski definition) is 8. The highest BCUT2D eigenvalue weighted by molar-refractivity contribution is 7.19. The number of benzene rings is 1. The zero-order valence-corrected chi connectivity index (χ0v) is 21.7. The van der Waals surface area contributed by atoms with Crippen LogP contribution in [0.3, 0.4) is 0 Å². The molecule has 2 aliphatic heterocycles. The minimum atomic E-state index is -0.569. The molecule has 4 heterocycles. The van der Waals surface area contributed by atoms with Crippen LogP contribution in [0.2, 0.25) is 4.34 Å². The average molecular weight is 530 g/mol. The number of amides is 1. The summed E-state index contributed by atoms with van der Waals surface area (Å²) in [7, 11) is 0. The van der Waals surface area contributed by atoms with E-state index < -0.39 is 11.0 Å². The van der Waals surface area contributed by atoms with Crippen LogP contribution in [0.5, 0.6) is 0 Å². The van der Waals surface area contributed by atoms with Crippen molar-refractivity contribution in [2.24, 2.45) is 0 Å². The summed E-state index contributed by atoms with van der Waals surface area (Å²) >= 11 is 7.43. The molecule has 0 radical (unpaired) electrons. The number of carbonyl (C=O) groups excluding carboxylic acids is 1. The van der Waals surface area contributed by atoms with Crippen LogP contribution in [0.25, 0.3) is 10.6 Å². The van der Waals surface area contributed by atoms with E-state index in [-0.39, 0.29) is 24.2 Å². The standard InChI is InChI=1S/C25H28ClN5O4S/c1-15(2)29-10-8-17(9-11-29)27-25(32)20-12-16-4-3-5-19(31(33)34)24(16)30(20)14-18-13-21(35-28-18)22-6-7-23(26)36-22/h3-7,13,15,17,20H,8-12,14H2,1-2H3,(H,27,32). The fraction of sp³-hybridized carbons (Fsp3) is 0.440. The molecular weight excluding hydrogens is 502 g/mol. The van der Waals surface area contributed by atoms with Crippen molar-refractivity contribution in [3.8, 4) is 10.6 Å². The second-order valence-corrected chi connectivity index (χ2v) is 11.3. The largest absolute Gasteiger partial charge is 0.355 e. The van der Waals surface area contributed by atoms with E-state index >= 15 is 0 Å². The maximum atomic E-state index is 13.5. The highest BCUT2D eigenvalue weighted by Crippen LogP contribution is 2.41. The van der Waals surface area contributed by atoms with Gasteiger partial charge < -0.3 is 19.6 Å². The van der Waals surface area contributed by atoms with Gasteiger partial charge in [0.2, 0.25) is 5.91 Å². The number of fused-ring (bicyclic) bond motifs is 1. The molecule has 1 atom stereocenters. The number of nitro groups is 1. The minimum Gasteiger partial charge on any atom is -0.355 e. The molecule has 9 nitrogen and oxygen atoms in total. The van der Waals surface area contributed by atoms with Gasteiger partial charge in [-0.25, -0.2) is 0 Å². The van der Waals surface area contributed by atoms with Crippen molar-refractivity contribution < 1.29 is 14.2 Å². The Morgan fingerprint density at radius 1 is 1.31 bits per heavy atom. The van der Waals surface area contributed by atoms with Gasteiger partial charge in [0.25, 0.3) is 5.69 Å². The first-order chi connectivity index (χ1) is 17.3. The number of aromatic nitrogens is 1. The molecule has 36 heavy (non-hydrogen) atoms. The quantitative estimate of drug-likeness (QED) is 0.343. The number of nitrogens with zero attached hydrogens (tertiary/aromatic N) is 4. The molecule has 11 heteroatoms. The van der Waals surface area contributed by atoms with Crippen LogP contribution >= 0.6 is 22.9 Å². The summed E-state index contributed by atoms with van der Waals surface area (Å²) in [4.78, 5) is 30.0. The highest BCUT2D eigenvalue weighted by Gasteiger charge is 2.40. The Kier molecular flexibility index (Phi) is 7.00. The third-order valence-electron chi connectivity index (χ3n) is 6.99. The number of nitrogens with one attached hydrogen (secondary N) is 1. The number of halogens is 1. The zero-order chi connectivity index (χ0) is 25.4. The summed E-state index contributed by atoms with van der Waals surface area (Å²) in [6.45, 7) is 6.46. The Bertz CT molecular complexity index is 1270. The number of hydrogen-bond donors (Lipinski definition) is 1. The second kappa shape index (κ2) is 10.2. The lowest BCUT2D eigenvalue weighted by Gasteiger charge is -2.35. The molecule has 1 fully saturated rings. The SMILES string of the molecule is CC(C)N1CCC(NC(=O)C2Cc3cccc([N+](=O)[O-])c3N2Cc2cc(-c3ccc(Cl)s3)on2)CC1. The first-order valence-electron chi connectivity index (χ1n) is 12.1. The number of thiophene rings is 1. The molecular formula is C25H28ClN5O4S. The van der Waals surface area contributed by atoms with E-state index in [0.29, 0.717) is 33.9 Å². The van der Waals surface area contributed by atoms with Gasteiger partial charge in [0, 0.05) is 43.7 Å². The van der Waals surface area contributed by atoms with Crippen molar-refractivity contribution >= 4 is 40.2 Å². The smallest absolute Gasteiger partial charge is 0.292 e. The van der Waals surface area contributed by atoms with Crippen molar-refractivity contribution in [2.75, 3.05) is 18.0 Å². The van der Waals surface area contributed by atoms with E-state index in [1.165, 1.54) is 17.4 Å². The van der Waals surface area contributed by atoms with Gasteiger partial charge in [-0.1, -0.05) is 28.9 Å². The molecule has 2 aliphatic rings. The molecule has 0 spiro atoms. The summed E-state index contributed by atoms with van der Waals surface area (Å²) in [5.41, 5.74) is 1.83. The lowest BCUT2D eigenvalue weighted by atomic mass is 10.0. The topological polar surface area (TPSA) is 105 Å². The molecule has 0 bridgehead atoms. The molecule has 2 aromatic heterocycles. The first-order valence-corrected chi connectivity index (χ1v) is 13.3. The molecule has 1 saturated heterocycles. The van der Waals surface area contributed by atoms with Crippen LogP contribution in [0.4, 0.5) is 11.4 Å². The Hall–Kier alpha value is -2.95. The zero-order valence-electron chi connectivity index (χ0n) is 20.1. The summed E-state index contributed by atoms with van der Waals surface area (Å²) < 4.78 is 6.16. The van der Waals surface area contributed by atoms with Gasteiger partial charge in [0.05, 0.1) is 20.7 Å². The minimum absolute atomic E-state index is 0.0122. The van der Waals surface area contributed by atoms with Gasteiger partial charge in [-0.15, -0.1) is 11.3 Å². The van der Waals surface area contributed by atoms with E-state index in [0.717, 1.165) is 36.4 Å². The Labute approximate surface area is 218 Å². The second-order valence-electron chi connectivity index (χ2n) is 9.59. The summed E-state index contributed by atoms with van der Waals surface area (Å²) in [5, 5.41) is 19.3. The van der Waals surface area contributed by atoms with Crippen molar-refractivity contribution in [2.45, 2.75) is 57.8 Å². The maximum Gasteiger partial charge on any atom is 0.292 e. The normalized spacial score (nSPS) is 18.6. The number of anilines is 1. The number of rotatable bonds is 7. The molecule has 3 aromatic rings. The van der Waals surface area contributed by atoms with Crippen molar-refractivity contribution in [1.29, 1.82) is 0 Å². The van der Waals surface area contributed by atoms with E-state index in [2.05, 4.69) is 29.2 Å². The van der Waals surface area contributed by atoms with Gasteiger partial charge >= 0.3 is 0 Å². The Balaban J connectivity index is 1.38. The maximum absolute atomic E-state index is 13.5. The fourth-order valence-electron chi connectivity index (χ4n) is 5.10. The molecule has 1 unspecified atom stereocenters.